The second-order valence-corrected chi connectivity index (χ2v) is 4.97. The van der Waals surface area contributed by atoms with Crippen LogP contribution in [0.3, 0.4) is 0 Å². The Kier molecular flexibility index (Phi) is 5.49. The molecular formula is C17H18FNO3. The zero-order valence-electron chi connectivity index (χ0n) is 12.3. The van der Waals surface area contributed by atoms with E-state index in [1.807, 2.05) is 25.1 Å². The molecule has 2 aromatic carbocycles. The number of amides is 1. The maximum atomic E-state index is 13.2. The lowest BCUT2D eigenvalue weighted by molar-refractivity contribution is -0.123. The van der Waals surface area contributed by atoms with Gasteiger partial charge in [0.25, 0.3) is 5.91 Å². The minimum absolute atomic E-state index is 0.0858. The Hall–Kier alpha value is -2.40. The highest BCUT2D eigenvalue weighted by molar-refractivity contribution is 5.77. The highest BCUT2D eigenvalue weighted by Gasteiger charge is 2.06. The van der Waals surface area contributed by atoms with Crippen LogP contribution in [0.25, 0.3) is 0 Å². The third-order valence-corrected chi connectivity index (χ3v) is 3.13. The van der Waals surface area contributed by atoms with E-state index in [4.69, 9.17) is 9.84 Å². The van der Waals surface area contributed by atoms with E-state index < -0.39 is 5.82 Å². The van der Waals surface area contributed by atoms with E-state index in [2.05, 4.69) is 5.32 Å². The summed E-state index contributed by atoms with van der Waals surface area (Å²) in [5.41, 5.74) is 1.98. The van der Waals surface area contributed by atoms with Gasteiger partial charge in [-0.05, 0) is 42.3 Å². The van der Waals surface area contributed by atoms with E-state index in [1.165, 1.54) is 12.1 Å². The number of aryl methyl sites for hydroxylation is 1. The fraction of sp³-hybridized carbons (Fsp3) is 0.235. The van der Waals surface area contributed by atoms with Crippen LogP contribution >= 0.6 is 0 Å². The third kappa shape index (κ3) is 4.56. The van der Waals surface area contributed by atoms with Gasteiger partial charge in [0.1, 0.15) is 11.6 Å². The minimum Gasteiger partial charge on any atom is -0.484 e. The van der Waals surface area contributed by atoms with Gasteiger partial charge in [0.2, 0.25) is 0 Å². The van der Waals surface area contributed by atoms with Gasteiger partial charge < -0.3 is 15.2 Å². The summed E-state index contributed by atoms with van der Waals surface area (Å²) in [7, 11) is 0. The van der Waals surface area contributed by atoms with Gasteiger partial charge in [-0.1, -0.05) is 18.2 Å². The molecule has 1 amide bonds. The molecule has 0 atom stereocenters. The molecular weight excluding hydrogens is 285 g/mol. The Morgan fingerprint density at radius 1 is 1.27 bits per heavy atom. The number of halogens is 1. The molecule has 0 radical (unpaired) electrons. The first kappa shape index (κ1) is 16.0. The quantitative estimate of drug-likeness (QED) is 0.861. The van der Waals surface area contributed by atoms with Crippen LogP contribution in [0.1, 0.15) is 16.7 Å². The number of aliphatic hydroxyl groups excluding tert-OH is 1. The molecule has 0 spiro atoms. The normalized spacial score (nSPS) is 10.3. The highest BCUT2D eigenvalue weighted by Crippen LogP contribution is 2.12. The molecule has 4 nitrogen and oxygen atoms in total. The zero-order valence-corrected chi connectivity index (χ0v) is 12.3. The summed E-state index contributed by atoms with van der Waals surface area (Å²) in [4.78, 5) is 11.7. The van der Waals surface area contributed by atoms with Crippen LogP contribution in [0.15, 0.2) is 42.5 Å². The molecule has 22 heavy (non-hydrogen) atoms. The summed E-state index contributed by atoms with van der Waals surface area (Å²) >= 11 is 0. The number of ether oxygens (including phenoxy) is 1. The van der Waals surface area contributed by atoms with Crippen LogP contribution in [0, 0.1) is 12.7 Å². The van der Waals surface area contributed by atoms with Crippen molar-refractivity contribution in [2.24, 2.45) is 0 Å². The maximum absolute atomic E-state index is 13.2. The molecule has 2 rings (SSSR count). The largest absolute Gasteiger partial charge is 0.484 e. The number of carbonyl (C=O) groups excluding carboxylic acids is 1. The van der Waals surface area contributed by atoms with Crippen molar-refractivity contribution in [1.29, 1.82) is 0 Å². The Bertz CT molecular complexity index is 658. The van der Waals surface area contributed by atoms with Crippen molar-refractivity contribution < 1.29 is 19.0 Å². The lowest BCUT2D eigenvalue weighted by atomic mass is 10.1. The van der Waals surface area contributed by atoms with E-state index in [-0.39, 0.29) is 31.2 Å². The van der Waals surface area contributed by atoms with Crippen molar-refractivity contribution in [3.05, 3.63) is 65.0 Å². The molecule has 0 aliphatic heterocycles. The Balaban J connectivity index is 1.83. The monoisotopic (exact) mass is 303 g/mol. The second-order valence-electron chi connectivity index (χ2n) is 4.97. The smallest absolute Gasteiger partial charge is 0.258 e. The van der Waals surface area contributed by atoms with Gasteiger partial charge in [-0.3, -0.25) is 4.79 Å². The molecule has 0 unspecified atom stereocenters. The highest BCUT2D eigenvalue weighted by atomic mass is 19.1. The summed E-state index contributed by atoms with van der Waals surface area (Å²) < 4.78 is 18.6. The lowest BCUT2D eigenvalue weighted by Gasteiger charge is -2.09. The summed E-state index contributed by atoms with van der Waals surface area (Å²) in [6, 6.07) is 11.8. The second kappa shape index (κ2) is 7.56. The fourth-order valence-corrected chi connectivity index (χ4v) is 1.96. The van der Waals surface area contributed by atoms with Crippen LogP contribution in [0.2, 0.25) is 0 Å². The van der Waals surface area contributed by atoms with Crippen molar-refractivity contribution in [2.45, 2.75) is 20.1 Å². The number of benzene rings is 2. The molecule has 0 fully saturated rings. The van der Waals surface area contributed by atoms with Crippen LogP contribution in [-0.2, 0) is 17.9 Å². The number of rotatable bonds is 6. The van der Waals surface area contributed by atoms with Crippen molar-refractivity contribution in [1.82, 2.24) is 5.32 Å². The SMILES string of the molecule is Cc1cccc(OCC(=O)NCc2ccc(F)c(CO)c2)c1. The Morgan fingerprint density at radius 2 is 2.09 bits per heavy atom. The maximum Gasteiger partial charge on any atom is 0.258 e. The standard InChI is InChI=1S/C17H18FNO3/c1-12-3-2-4-15(7-12)22-11-17(21)19-9-13-5-6-16(18)14(8-13)10-20/h2-8,20H,9-11H2,1H3,(H,19,21). The van der Waals surface area contributed by atoms with Crippen LogP contribution in [0.5, 0.6) is 5.75 Å². The number of aliphatic hydroxyl groups is 1. The molecule has 5 heteroatoms. The minimum atomic E-state index is -0.458. The first-order valence-corrected chi connectivity index (χ1v) is 6.93. The summed E-state index contributed by atoms with van der Waals surface area (Å²) in [6.45, 7) is 1.74. The molecule has 0 aliphatic carbocycles. The topological polar surface area (TPSA) is 58.6 Å². The number of hydrogen-bond acceptors (Lipinski definition) is 3. The van der Waals surface area contributed by atoms with Crippen molar-refractivity contribution in [2.75, 3.05) is 6.61 Å². The predicted octanol–water partition coefficient (Wildman–Crippen LogP) is 2.32. The van der Waals surface area contributed by atoms with E-state index in [0.717, 1.165) is 5.56 Å². The van der Waals surface area contributed by atoms with Gasteiger partial charge in [-0.15, -0.1) is 0 Å². The Morgan fingerprint density at radius 3 is 2.82 bits per heavy atom. The molecule has 0 saturated heterocycles. The number of carbonyl (C=O) groups is 1. The van der Waals surface area contributed by atoms with Crippen LogP contribution < -0.4 is 10.1 Å². The molecule has 0 bridgehead atoms. The van der Waals surface area contributed by atoms with E-state index in [1.54, 1.807) is 12.1 Å². The summed E-state index contributed by atoms with van der Waals surface area (Å²) in [6.07, 6.45) is 0. The number of hydrogen-bond donors (Lipinski definition) is 2. The zero-order chi connectivity index (χ0) is 15.9. The molecule has 0 heterocycles. The molecule has 0 aliphatic rings. The third-order valence-electron chi connectivity index (χ3n) is 3.13. The molecule has 2 aromatic rings. The lowest BCUT2D eigenvalue weighted by Crippen LogP contribution is -2.28. The molecule has 116 valence electrons. The average Bonchev–Trinajstić information content (AvgIpc) is 2.52. The summed E-state index contributed by atoms with van der Waals surface area (Å²) in [5, 5.41) is 11.7. The Labute approximate surface area is 128 Å². The van der Waals surface area contributed by atoms with E-state index >= 15 is 0 Å². The van der Waals surface area contributed by atoms with Crippen LogP contribution in [0.4, 0.5) is 4.39 Å². The number of nitrogens with one attached hydrogen (secondary N) is 1. The van der Waals surface area contributed by atoms with E-state index in [9.17, 15) is 9.18 Å². The summed E-state index contributed by atoms with van der Waals surface area (Å²) in [5.74, 6) is -0.0868. The predicted molar refractivity (Wildman–Crippen MR) is 80.8 cm³/mol. The molecule has 0 aromatic heterocycles. The van der Waals surface area contributed by atoms with Gasteiger partial charge in [0.15, 0.2) is 6.61 Å². The first-order chi connectivity index (χ1) is 10.6. The van der Waals surface area contributed by atoms with Crippen molar-refractivity contribution in [3.63, 3.8) is 0 Å². The fourth-order valence-electron chi connectivity index (χ4n) is 1.96. The van der Waals surface area contributed by atoms with Crippen LogP contribution in [-0.4, -0.2) is 17.6 Å². The van der Waals surface area contributed by atoms with Gasteiger partial charge >= 0.3 is 0 Å². The van der Waals surface area contributed by atoms with Crippen molar-refractivity contribution >= 4 is 5.91 Å². The van der Waals surface area contributed by atoms with Gasteiger partial charge in [0.05, 0.1) is 6.61 Å². The molecule has 2 N–H and O–H groups in total. The first-order valence-electron chi connectivity index (χ1n) is 6.93. The van der Waals surface area contributed by atoms with Gasteiger partial charge in [0, 0.05) is 12.1 Å². The average molecular weight is 303 g/mol. The van der Waals surface area contributed by atoms with Gasteiger partial charge in [-0.25, -0.2) is 4.39 Å². The van der Waals surface area contributed by atoms with Crippen molar-refractivity contribution in [3.8, 4) is 5.75 Å². The van der Waals surface area contributed by atoms with Gasteiger partial charge in [-0.2, -0.15) is 0 Å². The molecule has 0 saturated carbocycles. The van der Waals surface area contributed by atoms with E-state index in [0.29, 0.717) is 11.3 Å².